The summed E-state index contributed by atoms with van der Waals surface area (Å²) in [7, 11) is 0. The van der Waals surface area contributed by atoms with Crippen molar-refractivity contribution in [2.75, 3.05) is 13.1 Å². The van der Waals surface area contributed by atoms with Gasteiger partial charge in [0, 0.05) is 13.1 Å². The van der Waals surface area contributed by atoms with Crippen molar-refractivity contribution in [1.29, 1.82) is 0 Å². The maximum absolute atomic E-state index is 5.67. The van der Waals surface area contributed by atoms with Crippen LogP contribution in [0.15, 0.2) is 24.3 Å². The fourth-order valence-corrected chi connectivity index (χ4v) is 1.21. The van der Waals surface area contributed by atoms with Gasteiger partial charge >= 0.3 is 0 Å². The van der Waals surface area contributed by atoms with Gasteiger partial charge in [0.1, 0.15) is 11.9 Å². The number of hydrogen-bond donors (Lipinski definition) is 1. The van der Waals surface area contributed by atoms with E-state index < -0.39 is 0 Å². The summed E-state index contributed by atoms with van der Waals surface area (Å²) in [5.41, 5.74) is 0.828. The van der Waals surface area contributed by atoms with Crippen molar-refractivity contribution in [2.45, 2.75) is 6.10 Å². The van der Waals surface area contributed by atoms with E-state index in [9.17, 15) is 0 Å². The molecule has 1 N–H and O–H groups in total. The zero-order valence-corrected chi connectivity index (χ0v) is 7.29. The summed E-state index contributed by atoms with van der Waals surface area (Å²) in [6.45, 7) is 1.83. The monoisotopic (exact) mass is 173 g/mol. The van der Waals surface area contributed by atoms with E-state index in [2.05, 4.69) is 11.2 Å². The molecule has 1 aromatic carbocycles. The topological polar surface area (TPSA) is 21.3 Å². The molecule has 0 aromatic heterocycles. The lowest BCUT2D eigenvalue weighted by Crippen LogP contribution is -2.50. The average Bonchev–Trinajstić information content (AvgIpc) is 2.12. The predicted molar refractivity (Wildman–Crippen MR) is 51.7 cm³/mol. The van der Waals surface area contributed by atoms with E-state index in [1.807, 2.05) is 24.3 Å². The molecule has 2 nitrogen and oxygen atoms in total. The number of terminal acetylenes is 1. The third kappa shape index (κ3) is 1.66. The highest BCUT2D eigenvalue weighted by molar-refractivity contribution is 5.44. The molecule has 0 saturated carbocycles. The molecule has 1 aromatic rings. The van der Waals surface area contributed by atoms with Crippen LogP contribution < -0.4 is 10.1 Å². The van der Waals surface area contributed by atoms with Gasteiger partial charge in [-0.05, 0) is 12.1 Å². The van der Waals surface area contributed by atoms with Crippen molar-refractivity contribution in [3.63, 3.8) is 0 Å². The highest BCUT2D eigenvalue weighted by Crippen LogP contribution is 2.18. The standard InChI is InChI=1S/C11H11NO/c1-2-9-5-3-4-6-11(9)13-10-7-12-8-10/h1,3-6,10,12H,7-8H2. The maximum atomic E-state index is 5.67. The molecule has 0 atom stereocenters. The predicted octanol–water partition coefficient (Wildman–Crippen LogP) is 1.02. The lowest BCUT2D eigenvalue weighted by Gasteiger charge is -2.28. The van der Waals surface area contributed by atoms with Gasteiger partial charge in [-0.1, -0.05) is 18.1 Å². The summed E-state index contributed by atoms with van der Waals surface area (Å²) in [4.78, 5) is 0. The molecular formula is C11H11NO. The third-order valence-corrected chi connectivity index (χ3v) is 2.08. The molecule has 1 heterocycles. The number of hydrogen-bond acceptors (Lipinski definition) is 2. The molecule has 2 heteroatoms. The molecule has 0 unspecified atom stereocenters. The summed E-state index contributed by atoms with van der Waals surface area (Å²) < 4.78 is 5.67. The second-order valence-electron chi connectivity index (χ2n) is 3.04. The first-order valence-electron chi connectivity index (χ1n) is 4.33. The van der Waals surface area contributed by atoms with Crippen LogP contribution in [0.2, 0.25) is 0 Å². The minimum Gasteiger partial charge on any atom is -0.486 e. The maximum Gasteiger partial charge on any atom is 0.135 e. The van der Waals surface area contributed by atoms with Gasteiger partial charge in [0.25, 0.3) is 0 Å². The Morgan fingerprint density at radius 1 is 1.38 bits per heavy atom. The molecule has 1 saturated heterocycles. The number of benzene rings is 1. The Balaban J connectivity index is 2.14. The Hall–Kier alpha value is -1.46. The van der Waals surface area contributed by atoms with Crippen molar-refractivity contribution in [2.24, 2.45) is 0 Å². The van der Waals surface area contributed by atoms with Gasteiger partial charge in [0.05, 0.1) is 5.56 Å². The van der Waals surface area contributed by atoms with Crippen molar-refractivity contribution >= 4 is 0 Å². The van der Waals surface area contributed by atoms with Crippen LogP contribution in [0, 0.1) is 12.3 Å². The van der Waals surface area contributed by atoms with Gasteiger partial charge in [-0.15, -0.1) is 6.42 Å². The number of nitrogens with one attached hydrogen (secondary N) is 1. The summed E-state index contributed by atoms with van der Waals surface area (Å²) in [6, 6.07) is 7.65. The molecule has 0 radical (unpaired) electrons. The van der Waals surface area contributed by atoms with E-state index in [0.717, 1.165) is 24.4 Å². The first-order chi connectivity index (χ1) is 6.40. The molecule has 0 amide bonds. The van der Waals surface area contributed by atoms with E-state index in [-0.39, 0.29) is 6.10 Å². The van der Waals surface area contributed by atoms with Crippen molar-refractivity contribution < 1.29 is 4.74 Å². The van der Waals surface area contributed by atoms with Crippen LogP contribution in [-0.4, -0.2) is 19.2 Å². The second-order valence-corrected chi connectivity index (χ2v) is 3.04. The lowest BCUT2D eigenvalue weighted by molar-refractivity contribution is 0.142. The van der Waals surface area contributed by atoms with Gasteiger partial charge in [-0.3, -0.25) is 0 Å². The van der Waals surface area contributed by atoms with Crippen LogP contribution in [0.4, 0.5) is 0 Å². The number of para-hydroxylation sites is 1. The Kier molecular flexibility index (Phi) is 2.20. The molecular weight excluding hydrogens is 162 g/mol. The van der Waals surface area contributed by atoms with Crippen LogP contribution in [0.25, 0.3) is 0 Å². The van der Waals surface area contributed by atoms with Crippen LogP contribution in [0.1, 0.15) is 5.56 Å². The molecule has 0 spiro atoms. The smallest absolute Gasteiger partial charge is 0.135 e. The molecule has 13 heavy (non-hydrogen) atoms. The van der Waals surface area contributed by atoms with Crippen LogP contribution in [0.3, 0.4) is 0 Å². The van der Waals surface area contributed by atoms with Gasteiger partial charge in [-0.2, -0.15) is 0 Å². The van der Waals surface area contributed by atoms with Gasteiger partial charge < -0.3 is 10.1 Å². The summed E-state index contributed by atoms with van der Waals surface area (Å²) >= 11 is 0. The minimum absolute atomic E-state index is 0.287. The van der Waals surface area contributed by atoms with E-state index >= 15 is 0 Å². The SMILES string of the molecule is C#Cc1ccccc1OC1CNC1. The molecule has 66 valence electrons. The van der Waals surface area contributed by atoms with Crippen LogP contribution >= 0.6 is 0 Å². The Bertz CT molecular complexity index is 336. The van der Waals surface area contributed by atoms with Crippen molar-refractivity contribution in [1.82, 2.24) is 5.32 Å². The minimum atomic E-state index is 0.287. The molecule has 1 aliphatic rings. The lowest BCUT2D eigenvalue weighted by atomic mass is 10.2. The van der Waals surface area contributed by atoms with Crippen molar-refractivity contribution in [3.05, 3.63) is 29.8 Å². The van der Waals surface area contributed by atoms with Gasteiger partial charge in [0.2, 0.25) is 0 Å². The quantitative estimate of drug-likeness (QED) is 0.674. The fourth-order valence-electron chi connectivity index (χ4n) is 1.21. The van der Waals surface area contributed by atoms with E-state index in [4.69, 9.17) is 11.2 Å². The zero-order chi connectivity index (χ0) is 9.10. The molecule has 0 aliphatic carbocycles. The number of ether oxygens (including phenoxy) is 1. The van der Waals surface area contributed by atoms with Crippen LogP contribution in [-0.2, 0) is 0 Å². The highest BCUT2D eigenvalue weighted by Gasteiger charge is 2.18. The number of rotatable bonds is 2. The summed E-state index contributed by atoms with van der Waals surface area (Å²) in [5.74, 6) is 3.42. The van der Waals surface area contributed by atoms with E-state index in [1.54, 1.807) is 0 Å². The Morgan fingerprint density at radius 2 is 2.15 bits per heavy atom. The largest absolute Gasteiger partial charge is 0.486 e. The normalized spacial score (nSPS) is 15.9. The molecule has 1 aliphatic heterocycles. The average molecular weight is 173 g/mol. The second kappa shape index (κ2) is 3.51. The zero-order valence-electron chi connectivity index (χ0n) is 7.29. The van der Waals surface area contributed by atoms with Gasteiger partial charge in [0.15, 0.2) is 0 Å². The fraction of sp³-hybridized carbons (Fsp3) is 0.273. The first-order valence-corrected chi connectivity index (χ1v) is 4.33. The first kappa shape index (κ1) is 8.15. The van der Waals surface area contributed by atoms with Gasteiger partial charge in [-0.25, -0.2) is 0 Å². The summed E-state index contributed by atoms with van der Waals surface area (Å²) in [6.07, 6.45) is 5.63. The van der Waals surface area contributed by atoms with Crippen molar-refractivity contribution in [3.8, 4) is 18.1 Å². The Labute approximate surface area is 77.9 Å². The van der Waals surface area contributed by atoms with Crippen LogP contribution in [0.5, 0.6) is 5.75 Å². The molecule has 2 rings (SSSR count). The van der Waals surface area contributed by atoms with E-state index in [0.29, 0.717) is 0 Å². The van der Waals surface area contributed by atoms with E-state index in [1.165, 1.54) is 0 Å². The Morgan fingerprint density at radius 3 is 2.77 bits per heavy atom. The highest BCUT2D eigenvalue weighted by atomic mass is 16.5. The summed E-state index contributed by atoms with van der Waals surface area (Å²) in [5, 5.41) is 3.14. The molecule has 1 fully saturated rings. The third-order valence-electron chi connectivity index (χ3n) is 2.08. The molecule has 0 bridgehead atoms.